The molecule has 3 rings (SSSR count). The summed E-state index contributed by atoms with van der Waals surface area (Å²) in [5.74, 6) is 0. The third kappa shape index (κ3) is 4.41. The van der Waals surface area contributed by atoms with Crippen molar-refractivity contribution >= 4 is 27.0 Å². The summed E-state index contributed by atoms with van der Waals surface area (Å²) in [5.41, 5.74) is 2.34. The Morgan fingerprint density at radius 3 is 2.40 bits per heavy atom. The Morgan fingerprint density at radius 2 is 1.84 bits per heavy atom. The molecule has 0 amide bonds. The first-order chi connectivity index (χ1) is 12.0. The topological polar surface area (TPSA) is 53.9 Å². The number of likely N-dealkylation sites (tertiary alicyclic amines) is 1. The summed E-state index contributed by atoms with van der Waals surface area (Å²) < 4.78 is 28.1. The molecule has 25 heavy (non-hydrogen) atoms. The highest BCUT2D eigenvalue weighted by Crippen LogP contribution is 2.19. The van der Waals surface area contributed by atoms with Crippen molar-refractivity contribution in [1.29, 1.82) is 0 Å². The van der Waals surface area contributed by atoms with Gasteiger partial charge in [0, 0.05) is 38.2 Å². The minimum absolute atomic E-state index is 0.147. The number of nitrogens with zero attached hydrogens (tertiary/aromatic N) is 1. The van der Waals surface area contributed by atoms with Gasteiger partial charge in [-0.2, -0.15) is 0 Å². The Kier molecular flexibility index (Phi) is 5.78. The molecule has 1 aliphatic rings. The predicted molar refractivity (Wildman–Crippen MR) is 103 cm³/mol. The van der Waals surface area contributed by atoms with Crippen LogP contribution in [0.4, 0.5) is 5.69 Å². The first-order valence-corrected chi connectivity index (χ1v) is 11.0. The van der Waals surface area contributed by atoms with Crippen molar-refractivity contribution in [2.24, 2.45) is 0 Å². The summed E-state index contributed by atoms with van der Waals surface area (Å²) in [6.45, 7) is 2.62. The standard InChI is InChI=1S/C18H25N3O2S2/c1-20(2)16-9-7-15(8-10-16)17(21-11-3-4-12-21)14-19-25(22,23)18-6-5-13-24-18/h5-10,13,17,19H,3-4,11-12,14H2,1-2H3/p+1/t17-/m0/s1. The zero-order chi connectivity index (χ0) is 17.9. The second-order valence-corrected chi connectivity index (χ2v) is 9.63. The van der Waals surface area contributed by atoms with Crippen molar-refractivity contribution < 1.29 is 13.3 Å². The summed E-state index contributed by atoms with van der Waals surface area (Å²) >= 11 is 1.25. The molecule has 1 aromatic carbocycles. The smallest absolute Gasteiger partial charge is 0.250 e. The fourth-order valence-electron chi connectivity index (χ4n) is 3.36. The average Bonchev–Trinajstić information content (AvgIpc) is 3.29. The van der Waals surface area contributed by atoms with Crippen molar-refractivity contribution in [2.75, 3.05) is 38.6 Å². The molecule has 1 atom stereocenters. The molecule has 1 aliphatic heterocycles. The highest BCUT2D eigenvalue weighted by molar-refractivity contribution is 7.91. The molecule has 0 saturated carbocycles. The minimum Gasteiger partial charge on any atom is -0.378 e. The lowest BCUT2D eigenvalue weighted by molar-refractivity contribution is -0.918. The molecule has 5 nitrogen and oxygen atoms in total. The first kappa shape index (κ1) is 18.4. The lowest BCUT2D eigenvalue weighted by atomic mass is 10.1. The van der Waals surface area contributed by atoms with Crippen molar-refractivity contribution in [3.05, 3.63) is 47.3 Å². The minimum atomic E-state index is -3.42. The summed E-state index contributed by atoms with van der Waals surface area (Å²) in [6, 6.07) is 12.0. The normalized spacial score (nSPS) is 16.9. The molecule has 0 bridgehead atoms. The molecule has 2 heterocycles. The van der Waals surface area contributed by atoms with Gasteiger partial charge < -0.3 is 9.80 Å². The maximum absolute atomic E-state index is 12.5. The van der Waals surface area contributed by atoms with Gasteiger partial charge in [0.2, 0.25) is 10.0 Å². The molecule has 0 aliphatic carbocycles. The maximum Gasteiger partial charge on any atom is 0.250 e. The summed E-state index contributed by atoms with van der Waals surface area (Å²) in [5, 5.41) is 1.79. The third-order valence-corrected chi connectivity index (χ3v) is 7.61. The van der Waals surface area contributed by atoms with E-state index in [1.54, 1.807) is 17.5 Å². The van der Waals surface area contributed by atoms with Crippen LogP contribution in [0.25, 0.3) is 0 Å². The molecular formula is C18H26N3O2S2+. The number of hydrogen-bond donors (Lipinski definition) is 2. The molecule has 0 radical (unpaired) electrons. The van der Waals surface area contributed by atoms with E-state index in [1.165, 1.54) is 34.6 Å². The monoisotopic (exact) mass is 380 g/mol. The van der Waals surface area contributed by atoms with E-state index in [0.717, 1.165) is 18.8 Å². The van der Waals surface area contributed by atoms with Crippen LogP contribution in [0.2, 0.25) is 0 Å². The summed E-state index contributed by atoms with van der Waals surface area (Å²) in [4.78, 5) is 3.53. The van der Waals surface area contributed by atoms with Crippen LogP contribution in [0.5, 0.6) is 0 Å². The molecule has 1 saturated heterocycles. The number of sulfonamides is 1. The van der Waals surface area contributed by atoms with Crippen LogP contribution in [0, 0.1) is 0 Å². The summed E-state index contributed by atoms with van der Waals surface area (Å²) in [6.07, 6.45) is 2.42. The molecule has 0 unspecified atom stereocenters. The van der Waals surface area contributed by atoms with Crippen molar-refractivity contribution in [1.82, 2.24) is 4.72 Å². The van der Waals surface area contributed by atoms with E-state index in [0.29, 0.717) is 10.8 Å². The molecule has 136 valence electrons. The molecule has 2 aromatic rings. The van der Waals surface area contributed by atoms with Crippen LogP contribution < -0.4 is 14.5 Å². The average molecular weight is 381 g/mol. The molecule has 1 fully saturated rings. The number of nitrogens with one attached hydrogen (secondary N) is 2. The second-order valence-electron chi connectivity index (χ2n) is 6.69. The highest BCUT2D eigenvalue weighted by atomic mass is 32.2. The number of thiophene rings is 1. The lowest BCUT2D eigenvalue weighted by Crippen LogP contribution is -3.11. The molecule has 1 aromatic heterocycles. The van der Waals surface area contributed by atoms with Gasteiger partial charge >= 0.3 is 0 Å². The van der Waals surface area contributed by atoms with Gasteiger partial charge in [0.1, 0.15) is 10.3 Å². The van der Waals surface area contributed by atoms with E-state index in [2.05, 4.69) is 33.9 Å². The summed E-state index contributed by atoms with van der Waals surface area (Å²) in [7, 11) is 0.618. The van der Waals surface area contributed by atoms with Crippen LogP contribution >= 0.6 is 11.3 Å². The van der Waals surface area contributed by atoms with Crippen LogP contribution in [-0.2, 0) is 10.0 Å². The van der Waals surface area contributed by atoms with E-state index >= 15 is 0 Å². The van der Waals surface area contributed by atoms with Gasteiger partial charge in [0.25, 0.3) is 0 Å². The first-order valence-electron chi connectivity index (χ1n) is 8.62. The Hall–Kier alpha value is -1.41. The number of quaternary nitrogens is 1. The molecular weight excluding hydrogens is 354 g/mol. The van der Waals surface area contributed by atoms with E-state index in [-0.39, 0.29) is 6.04 Å². The van der Waals surface area contributed by atoms with Gasteiger partial charge in [-0.05, 0) is 23.6 Å². The quantitative estimate of drug-likeness (QED) is 0.766. The van der Waals surface area contributed by atoms with E-state index in [4.69, 9.17) is 0 Å². The van der Waals surface area contributed by atoms with Crippen LogP contribution in [0.1, 0.15) is 24.4 Å². The Labute approximate surface area is 154 Å². The van der Waals surface area contributed by atoms with Gasteiger partial charge in [-0.15, -0.1) is 11.3 Å². The van der Waals surface area contributed by atoms with E-state index in [1.807, 2.05) is 14.1 Å². The van der Waals surface area contributed by atoms with Crippen molar-refractivity contribution in [2.45, 2.75) is 23.1 Å². The Balaban J connectivity index is 1.78. The van der Waals surface area contributed by atoms with Crippen LogP contribution in [0.15, 0.2) is 46.0 Å². The fraction of sp³-hybridized carbons (Fsp3) is 0.444. The fourth-order valence-corrected chi connectivity index (χ4v) is 5.45. The lowest BCUT2D eigenvalue weighted by Gasteiger charge is -2.25. The maximum atomic E-state index is 12.5. The van der Waals surface area contributed by atoms with Gasteiger partial charge in [0.15, 0.2) is 0 Å². The predicted octanol–water partition coefficient (Wildman–Crippen LogP) is 1.51. The highest BCUT2D eigenvalue weighted by Gasteiger charge is 2.29. The van der Waals surface area contributed by atoms with E-state index in [9.17, 15) is 8.42 Å². The zero-order valence-electron chi connectivity index (χ0n) is 14.7. The number of rotatable bonds is 7. The van der Waals surface area contributed by atoms with Gasteiger partial charge in [-0.3, -0.25) is 0 Å². The van der Waals surface area contributed by atoms with Crippen molar-refractivity contribution in [3.8, 4) is 0 Å². The number of benzene rings is 1. The molecule has 2 N–H and O–H groups in total. The SMILES string of the molecule is CN(C)c1ccc([C@H](CNS(=O)(=O)c2cccs2)[NH+]2CCCC2)cc1. The number of anilines is 1. The Morgan fingerprint density at radius 1 is 1.16 bits per heavy atom. The molecule has 0 spiro atoms. The van der Waals surface area contributed by atoms with Crippen molar-refractivity contribution in [3.63, 3.8) is 0 Å². The van der Waals surface area contributed by atoms with E-state index < -0.39 is 10.0 Å². The number of hydrogen-bond acceptors (Lipinski definition) is 4. The van der Waals surface area contributed by atoms with Crippen LogP contribution in [-0.4, -0.2) is 42.1 Å². The zero-order valence-corrected chi connectivity index (χ0v) is 16.4. The van der Waals surface area contributed by atoms with Crippen LogP contribution in [0.3, 0.4) is 0 Å². The van der Waals surface area contributed by atoms with Gasteiger partial charge in [0.05, 0.1) is 19.6 Å². The second kappa shape index (κ2) is 7.86. The largest absolute Gasteiger partial charge is 0.378 e. The molecule has 7 heteroatoms. The van der Waals surface area contributed by atoms with Gasteiger partial charge in [-0.25, -0.2) is 13.1 Å². The van der Waals surface area contributed by atoms with Gasteiger partial charge in [-0.1, -0.05) is 18.2 Å². The third-order valence-electron chi connectivity index (χ3n) is 4.79. The Bertz CT molecular complexity index is 765.